The molecule has 1 aromatic carbocycles. The molecule has 0 bridgehead atoms. The number of carbonyl (C=O) groups excluding carboxylic acids is 2. The van der Waals surface area contributed by atoms with Crippen LogP contribution in [-0.2, 0) is 17.9 Å². The summed E-state index contributed by atoms with van der Waals surface area (Å²) >= 11 is 0. The number of amides is 2. The molecule has 5 nitrogen and oxygen atoms in total. The number of nitrogens with two attached hydrogens (primary N) is 1. The predicted octanol–water partition coefficient (Wildman–Crippen LogP) is 0.285. The lowest BCUT2D eigenvalue weighted by atomic mass is 10.1. The largest absolute Gasteiger partial charge is 0.370 e. The molecule has 18 heavy (non-hydrogen) atoms. The molecule has 0 atom stereocenters. The van der Waals surface area contributed by atoms with E-state index in [1.165, 1.54) is 11.1 Å². The number of rotatable bonds is 5. The van der Waals surface area contributed by atoms with Crippen molar-refractivity contribution in [3.8, 4) is 0 Å². The van der Waals surface area contributed by atoms with E-state index in [-0.39, 0.29) is 11.8 Å². The summed E-state index contributed by atoms with van der Waals surface area (Å²) in [4.78, 5) is 22.4. The SMILES string of the molecule is NC(=O)CCCNC(=O)c1ccc2c(c1)CNC2. The van der Waals surface area contributed by atoms with Crippen LogP contribution >= 0.6 is 0 Å². The van der Waals surface area contributed by atoms with Crippen molar-refractivity contribution in [1.29, 1.82) is 0 Å². The highest BCUT2D eigenvalue weighted by Gasteiger charge is 2.13. The van der Waals surface area contributed by atoms with E-state index in [0.29, 0.717) is 24.9 Å². The fourth-order valence-electron chi connectivity index (χ4n) is 2.00. The molecule has 0 aliphatic carbocycles. The number of hydrogen-bond donors (Lipinski definition) is 3. The average molecular weight is 247 g/mol. The Morgan fingerprint density at radius 2 is 2.06 bits per heavy atom. The van der Waals surface area contributed by atoms with Crippen LogP contribution in [0.2, 0.25) is 0 Å². The fourth-order valence-corrected chi connectivity index (χ4v) is 2.00. The second kappa shape index (κ2) is 5.64. The van der Waals surface area contributed by atoms with Gasteiger partial charge in [-0.3, -0.25) is 9.59 Å². The Morgan fingerprint density at radius 1 is 1.28 bits per heavy atom. The van der Waals surface area contributed by atoms with Gasteiger partial charge in [0.25, 0.3) is 5.91 Å². The van der Waals surface area contributed by atoms with Gasteiger partial charge in [0.1, 0.15) is 0 Å². The fraction of sp³-hybridized carbons (Fsp3) is 0.385. The van der Waals surface area contributed by atoms with E-state index >= 15 is 0 Å². The van der Waals surface area contributed by atoms with E-state index < -0.39 is 0 Å². The lowest BCUT2D eigenvalue weighted by Gasteiger charge is -2.06. The van der Waals surface area contributed by atoms with Crippen LogP contribution < -0.4 is 16.4 Å². The summed E-state index contributed by atoms with van der Waals surface area (Å²) in [5.41, 5.74) is 8.12. The first-order valence-electron chi connectivity index (χ1n) is 6.06. The van der Waals surface area contributed by atoms with Crippen LogP contribution in [0.1, 0.15) is 34.3 Å². The molecule has 0 spiro atoms. The molecule has 0 aromatic heterocycles. The van der Waals surface area contributed by atoms with E-state index in [9.17, 15) is 9.59 Å². The highest BCUT2D eigenvalue weighted by atomic mass is 16.2. The maximum Gasteiger partial charge on any atom is 0.251 e. The minimum atomic E-state index is -0.340. The molecule has 0 fully saturated rings. The molecule has 1 aliphatic rings. The molecule has 0 radical (unpaired) electrons. The molecule has 1 aromatic rings. The minimum Gasteiger partial charge on any atom is -0.370 e. The molecule has 1 heterocycles. The van der Waals surface area contributed by atoms with Crippen LogP contribution in [-0.4, -0.2) is 18.4 Å². The van der Waals surface area contributed by atoms with Gasteiger partial charge in [0.2, 0.25) is 5.91 Å². The van der Waals surface area contributed by atoms with Crippen LogP contribution in [0.25, 0.3) is 0 Å². The zero-order chi connectivity index (χ0) is 13.0. The van der Waals surface area contributed by atoms with E-state index in [0.717, 1.165) is 13.1 Å². The molecule has 1 aliphatic heterocycles. The standard InChI is InChI=1S/C13H17N3O2/c14-12(17)2-1-5-16-13(18)9-3-4-10-7-15-8-11(10)6-9/h3-4,6,15H,1-2,5,7-8H2,(H2,14,17)(H,16,18). The number of benzene rings is 1. The van der Waals surface area contributed by atoms with Crippen molar-refractivity contribution in [3.05, 3.63) is 34.9 Å². The van der Waals surface area contributed by atoms with Crippen molar-refractivity contribution in [3.63, 3.8) is 0 Å². The van der Waals surface area contributed by atoms with Crippen LogP contribution in [0, 0.1) is 0 Å². The highest BCUT2D eigenvalue weighted by molar-refractivity contribution is 5.94. The molecule has 5 heteroatoms. The Balaban J connectivity index is 1.87. The third-order valence-corrected chi connectivity index (χ3v) is 2.98. The molecule has 0 saturated carbocycles. The topological polar surface area (TPSA) is 84.2 Å². The van der Waals surface area contributed by atoms with Crippen LogP contribution in [0.4, 0.5) is 0 Å². The first-order chi connectivity index (χ1) is 8.66. The maximum absolute atomic E-state index is 11.8. The Labute approximate surface area is 106 Å². The molecular weight excluding hydrogens is 230 g/mol. The summed E-state index contributed by atoms with van der Waals surface area (Å²) in [6, 6.07) is 5.72. The minimum absolute atomic E-state index is 0.103. The normalized spacial score (nSPS) is 13.1. The molecule has 0 saturated heterocycles. The quantitative estimate of drug-likeness (QED) is 0.654. The average Bonchev–Trinajstić information content (AvgIpc) is 2.81. The zero-order valence-corrected chi connectivity index (χ0v) is 10.2. The van der Waals surface area contributed by atoms with Gasteiger partial charge < -0.3 is 16.4 Å². The molecule has 96 valence electrons. The highest BCUT2D eigenvalue weighted by Crippen LogP contribution is 2.16. The number of primary amides is 1. The predicted molar refractivity (Wildman–Crippen MR) is 67.7 cm³/mol. The van der Waals surface area contributed by atoms with Crippen molar-refractivity contribution < 1.29 is 9.59 Å². The van der Waals surface area contributed by atoms with Gasteiger partial charge in [0.15, 0.2) is 0 Å². The second-order valence-corrected chi connectivity index (χ2v) is 4.41. The van der Waals surface area contributed by atoms with Gasteiger partial charge in [-0.25, -0.2) is 0 Å². The third kappa shape index (κ3) is 3.07. The summed E-state index contributed by atoms with van der Waals surface area (Å²) in [7, 11) is 0. The van der Waals surface area contributed by atoms with E-state index in [4.69, 9.17) is 5.73 Å². The first kappa shape index (κ1) is 12.6. The van der Waals surface area contributed by atoms with Gasteiger partial charge in [-0.15, -0.1) is 0 Å². The second-order valence-electron chi connectivity index (χ2n) is 4.41. The van der Waals surface area contributed by atoms with Gasteiger partial charge in [0, 0.05) is 31.6 Å². The molecule has 2 rings (SSSR count). The summed E-state index contributed by atoms with van der Waals surface area (Å²) in [6.07, 6.45) is 0.877. The van der Waals surface area contributed by atoms with Crippen LogP contribution in [0.15, 0.2) is 18.2 Å². The zero-order valence-electron chi connectivity index (χ0n) is 10.2. The van der Waals surface area contributed by atoms with E-state index in [1.54, 1.807) is 0 Å². The van der Waals surface area contributed by atoms with Crippen LogP contribution in [0.3, 0.4) is 0 Å². The summed E-state index contributed by atoms with van der Waals surface area (Å²) in [5.74, 6) is -0.443. The van der Waals surface area contributed by atoms with E-state index in [2.05, 4.69) is 10.6 Å². The number of carbonyl (C=O) groups is 2. The van der Waals surface area contributed by atoms with Crippen molar-refractivity contribution in [1.82, 2.24) is 10.6 Å². The molecule has 2 amide bonds. The van der Waals surface area contributed by atoms with Crippen molar-refractivity contribution >= 4 is 11.8 Å². The Kier molecular flexibility index (Phi) is 3.94. The Hall–Kier alpha value is -1.88. The number of fused-ring (bicyclic) bond motifs is 1. The van der Waals surface area contributed by atoms with Gasteiger partial charge in [-0.2, -0.15) is 0 Å². The third-order valence-electron chi connectivity index (χ3n) is 2.98. The Morgan fingerprint density at radius 3 is 2.83 bits per heavy atom. The van der Waals surface area contributed by atoms with Crippen LogP contribution in [0.5, 0.6) is 0 Å². The lowest BCUT2D eigenvalue weighted by Crippen LogP contribution is -2.25. The monoisotopic (exact) mass is 247 g/mol. The van der Waals surface area contributed by atoms with Gasteiger partial charge >= 0.3 is 0 Å². The molecule has 4 N–H and O–H groups in total. The number of nitrogens with one attached hydrogen (secondary N) is 2. The van der Waals surface area contributed by atoms with Crippen molar-refractivity contribution in [2.45, 2.75) is 25.9 Å². The Bertz CT molecular complexity index is 471. The van der Waals surface area contributed by atoms with Crippen molar-refractivity contribution in [2.24, 2.45) is 5.73 Å². The first-order valence-corrected chi connectivity index (χ1v) is 6.06. The van der Waals surface area contributed by atoms with Gasteiger partial charge in [-0.1, -0.05) is 6.07 Å². The summed E-state index contributed by atoms with van der Waals surface area (Å²) in [5, 5.41) is 6.01. The number of hydrogen-bond acceptors (Lipinski definition) is 3. The van der Waals surface area contributed by atoms with Gasteiger partial charge in [-0.05, 0) is 29.7 Å². The summed E-state index contributed by atoms with van der Waals surface area (Å²) in [6.45, 7) is 2.16. The van der Waals surface area contributed by atoms with Crippen molar-refractivity contribution in [2.75, 3.05) is 6.54 Å². The smallest absolute Gasteiger partial charge is 0.251 e. The van der Waals surface area contributed by atoms with Gasteiger partial charge in [0.05, 0.1) is 0 Å². The van der Waals surface area contributed by atoms with E-state index in [1.807, 2.05) is 18.2 Å². The molecular formula is C13H17N3O2. The summed E-state index contributed by atoms with van der Waals surface area (Å²) < 4.78 is 0. The maximum atomic E-state index is 11.8. The molecule has 0 unspecified atom stereocenters. The lowest BCUT2D eigenvalue weighted by molar-refractivity contribution is -0.118.